The molecule has 1 aliphatic rings. The van der Waals surface area contributed by atoms with Gasteiger partial charge in [0, 0.05) is 11.0 Å². The van der Waals surface area contributed by atoms with Gasteiger partial charge in [-0.2, -0.15) is 0 Å². The quantitative estimate of drug-likeness (QED) is 0.899. The van der Waals surface area contributed by atoms with Gasteiger partial charge in [-0.05, 0) is 37.0 Å². The molecule has 0 saturated heterocycles. The number of carbonyl (C=O) groups is 1. The summed E-state index contributed by atoms with van der Waals surface area (Å²) < 4.78 is 1.03. The third-order valence-corrected chi connectivity index (χ3v) is 3.72. The molecule has 0 bridgehead atoms. The van der Waals surface area contributed by atoms with E-state index in [-0.39, 0.29) is 11.8 Å². The van der Waals surface area contributed by atoms with Crippen molar-refractivity contribution in [3.63, 3.8) is 0 Å². The Morgan fingerprint density at radius 1 is 1.35 bits per heavy atom. The number of hydrogen-bond donors (Lipinski definition) is 2. The number of aliphatic hydroxyl groups is 1. The molecule has 1 amide bonds. The Morgan fingerprint density at radius 2 is 2.06 bits per heavy atom. The van der Waals surface area contributed by atoms with Crippen LogP contribution in [0, 0.1) is 5.92 Å². The van der Waals surface area contributed by atoms with Crippen molar-refractivity contribution < 1.29 is 9.90 Å². The van der Waals surface area contributed by atoms with Crippen LogP contribution in [0.15, 0.2) is 28.7 Å². The summed E-state index contributed by atoms with van der Waals surface area (Å²) in [6.07, 6.45) is 2.03. The molecule has 92 valence electrons. The summed E-state index contributed by atoms with van der Waals surface area (Å²) in [6.45, 7) is 0.523. The van der Waals surface area contributed by atoms with E-state index in [1.807, 2.05) is 24.3 Å². The van der Waals surface area contributed by atoms with Crippen LogP contribution in [0.5, 0.6) is 0 Å². The molecule has 1 saturated carbocycles. The third-order valence-electron chi connectivity index (χ3n) is 3.20. The maximum Gasteiger partial charge on any atom is 0.225 e. The van der Waals surface area contributed by atoms with Crippen LogP contribution in [0.2, 0.25) is 0 Å². The predicted molar refractivity (Wildman–Crippen MR) is 69.3 cm³/mol. The number of halogens is 1. The van der Waals surface area contributed by atoms with E-state index in [1.54, 1.807) is 0 Å². The highest BCUT2D eigenvalue weighted by atomic mass is 79.9. The molecule has 2 N–H and O–H groups in total. The van der Waals surface area contributed by atoms with Gasteiger partial charge in [0.2, 0.25) is 5.91 Å². The van der Waals surface area contributed by atoms with Gasteiger partial charge in [0.15, 0.2) is 0 Å². The molecular formula is C13H16BrNO2. The number of amides is 1. The van der Waals surface area contributed by atoms with Crippen molar-refractivity contribution in [2.24, 2.45) is 5.92 Å². The molecule has 3 nitrogen and oxygen atoms in total. The normalized spacial score (nSPS) is 23.6. The van der Waals surface area contributed by atoms with Gasteiger partial charge in [-0.1, -0.05) is 28.1 Å². The summed E-state index contributed by atoms with van der Waals surface area (Å²) in [4.78, 5) is 11.8. The minimum absolute atomic E-state index is 0.0297. The van der Waals surface area contributed by atoms with Gasteiger partial charge in [-0.25, -0.2) is 0 Å². The molecule has 2 rings (SSSR count). The van der Waals surface area contributed by atoms with Crippen LogP contribution in [0.1, 0.15) is 24.8 Å². The molecule has 1 fully saturated rings. The SMILES string of the molecule is O=C(NCc1ccc(Br)cc1)C1CCCC1O. The first-order valence-corrected chi connectivity index (χ1v) is 6.66. The Bertz CT molecular complexity index is 391. The Kier molecular flexibility index (Phi) is 4.18. The monoisotopic (exact) mass is 297 g/mol. The van der Waals surface area contributed by atoms with Gasteiger partial charge in [-0.15, -0.1) is 0 Å². The number of hydrogen-bond acceptors (Lipinski definition) is 2. The fourth-order valence-corrected chi connectivity index (χ4v) is 2.43. The zero-order chi connectivity index (χ0) is 12.3. The lowest BCUT2D eigenvalue weighted by atomic mass is 10.1. The molecule has 1 aromatic carbocycles. The Hall–Kier alpha value is -0.870. The average Bonchev–Trinajstić information content (AvgIpc) is 2.74. The number of nitrogens with one attached hydrogen (secondary N) is 1. The number of rotatable bonds is 3. The molecule has 0 spiro atoms. The first-order valence-electron chi connectivity index (χ1n) is 5.87. The second-order valence-corrected chi connectivity index (χ2v) is 5.36. The van der Waals surface area contributed by atoms with Gasteiger partial charge < -0.3 is 10.4 Å². The summed E-state index contributed by atoms with van der Waals surface area (Å²) in [5, 5.41) is 12.5. The Morgan fingerprint density at radius 3 is 2.65 bits per heavy atom. The molecule has 2 atom stereocenters. The molecule has 2 unspecified atom stereocenters. The van der Waals surface area contributed by atoms with E-state index < -0.39 is 6.10 Å². The molecule has 0 aliphatic heterocycles. The Balaban J connectivity index is 1.85. The summed E-state index contributed by atoms with van der Waals surface area (Å²) >= 11 is 3.37. The average molecular weight is 298 g/mol. The van der Waals surface area contributed by atoms with E-state index in [2.05, 4.69) is 21.2 Å². The first kappa shape index (κ1) is 12.6. The van der Waals surface area contributed by atoms with E-state index in [4.69, 9.17) is 0 Å². The lowest BCUT2D eigenvalue weighted by Gasteiger charge is -2.14. The summed E-state index contributed by atoms with van der Waals surface area (Å²) in [5.74, 6) is -0.247. The van der Waals surface area contributed by atoms with Crippen LogP contribution < -0.4 is 5.32 Å². The van der Waals surface area contributed by atoms with Gasteiger partial charge in [-0.3, -0.25) is 4.79 Å². The van der Waals surface area contributed by atoms with Crippen LogP contribution >= 0.6 is 15.9 Å². The fourth-order valence-electron chi connectivity index (χ4n) is 2.17. The van der Waals surface area contributed by atoms with Crippen molar-refractivity contribution in [1.82, 2.24) is 5.32 Å². The lowest BCUT2D eigenvalue weighted by Crippen LogP contribution is -2.34. The topological polar surface area (TPSA) is 49.3 Å². The van der Waals surface area contributed by atoms with Crippen molar-refractivity contribution in [3.05, 3.63) is 34.3 Å². The molecule has 1 aromatic rings. The van der Waals surface area contributed by atoms with Crippen LogP contribution in [0.25, 0.3) is 0 Å². The molecule has 17 heavy (non-hydrogen) atoms. The highest BCUT2D eigenvalue weighted by Crippen LogP contribution is 2.25. The zero-order valence-corrected chi connectivity index (χ0v) is 11.1. The Labute approximate surface area is 109 Å². The van der Waals surface area contributed by atoms with Crippen molar-refractivity contribution in [2.45, 2.75) is 31.9 Å². The molecule has 0 aromatic heterocycles. The van der Waals surface area contributed by atoms with Gasteiger partial charge >= 0.3 is 0 Å². The van der Waals surface area contributed by atoms with E-state index in [9.17, 15) is 9.90 Å². The van der Waals surface area contributed by atoms with E-state index >= 15 is 0 Å². The molecular weight excluding hydrogens is 282 g/mol. The second kappa shape index (κ2) is 5.65. The summed E-state index contributed by atoms with van der Waals surface area (Å²) in [5.41, 5.74) is 1.06. The largest absolute Gasteiger partial charge is 0.392 e. The van der Waals surface area contributed by atoms with E-state index in [0.717, 1.165) is 29.3 Å². The highest BCUT2D eigenvalue weighted by Gasteiger charge is 2.30. The second-order valence-electron chi connectivity index (χ2n) is 4.45. The maximum absolute atomic E-state index is 11.8. The van der Waals surface area contributed by atoms with Gasteiger partial charge in [0.25, 0.3) is 0 Å². The van der Waals surface area contributed by atoms with Crippen LogP contribution in [-0.2, 0) is 11.3 Å². The molecule has 0 heterocycles. The highest BCUT2D eigenvalue weighted by molar-refractivity contribution is 9.10. The summed E-state index contributed by atoms with van der Waals surface area (Å²) in [6, 6.07) is 7.84. The van der Waals surface area contributed by atoms with Crippen LogP contribution in [0.4, 0.5) is 0 Å². The minimum Gasteiger partial charge on any atom is -0.392 e. The van der Waals surface area contributed by atoms with Crippen LogP contribution in [-0.4, -0.2) is 17.1 Å². The predicted octanol–water partition coefficient (Wildman–Crippen LogP) is 2.23. The molecule has 0 radical (unpaired) electrons. The maximum atomic E-state index is 11.8. The van der Waals surface area contributed by atoms with E-state index in [0.29, 0.717) is 6.54 Å². The van der Waals surface area contributed by atoms with Crippen molar-refractivity contribution in [2.75, 3.05) is 0 Å². The minimum atomic E-state index is -0.458. The fraction of sp³-hybridized carbons (Fsp3) is 0.462. The van der Waals surface area contributed by atoms with Crippen molar-refractivity contribution in [3.8, 4) is 0 Å². The van der Waals surface area contributed by atoms with Crippen LogP contribution in [0.3, 0.4) is 0 Å². The molecule has 4 heteroatoms. The van der Waals surface area contributed by atoms with E-state index in [1.165, 1.54) is 0 Å². The smallest absolute Gasteiger partial charge is 0.225 e. The number of carbonyl (C=O) groups excluding carboxylic acids is 1. The lowest BCUT2D eigenvalue weighted by molar-refractivity contribution is -0.127. The first-order chi connectivity index (χ1) is 8.16. The molecule has 1 aliphatic carbocycles. The summed E-state index contributed by atoms with van der Waals surface area (Å²) in [7, 11) is 0. The number of benzene rings is 1. The third kappa shape index (κ3) is 3.30. The standard InChI is InChI=1S/C13H16BrNO2/c14-10-6-4-9(5-7-10)8-15-13(17)11-2-1-3-12(11)16/h4-7,11-12,16H,1-3,8H2,(H,15,17). The number of aliphatic hydroxyl groups excluding tert-OH is 1. The van der Waals surface area contributed by atoms with Gasteiger partial charge in [0.1, 0.15) is 0 Å². The van der Waals surface area contributed by atoms with Crippen molar-refractivity contribution in [1.29, 1.82) is 0 Å². The van der Waals surface area contributed by atoms with Crippen molar-refractivity contribution >= 4 is 21.8 Å². The zero-order valence-electron chi connectivity index (χ0n) is 9.53. The van der Waals surface area contributed by atoms with Gasteiger partial charge in [0.05, 0.1) is 12.0 Å².